The molecule has 0 aliphatic heterocycles. The van der Waals surface area contributed by atoms with E-state index in [2.05, 4.69) is 210 Å². The molecule has 0 heteroatoms. The van der Waals surface area contributed by atoms with Crippen LogP contribution in [0.2, 0.25) is 0 Å². The summed E-state index contributed by atoms with van der Waals surface area (Å²) in [5.74, 6) is 0. The zero-order chi connectivity index (χ0) is 37.8. The van der Waals surface area contributed by atoms with Crippen LogP contribution < -0.4 is 0 Å². The molecule has 0 saturated carbocycles. The number of hydrogen-bond acceptors (Lipinski definition) is 0. The maximum absolute atomic E-state index is 2.44. The number of rotatable bonds is 4. The Balaban J connectivity index is 1.01. The zero-order valence-corrected chi connectivity index (χ0v) is 32.3. The summed E-state index contributed by atoms with van der Waals surface area (Å²) in [6, 6.07) is 58.7. The molecule has 9 aromatic carbocycles. The van der Waals surface area contributed by atoms with Crippen molar-refractivity contribution in [3.8, 4) is 22.3 Å². The fraction of sp³-hybridized carbons (Fsp3) is 0.107. The van der Waals surface area contributed by atoms with E-state index in [0.29, 0.717) is 0 Å². The molecule has 0 amide bonds. The third-order valence-corrected chi connectivity index (χ3v) is 13.1. The molecule has 0 nitrogen and oxygen atoms in total. The average Bonchev–Trinajstić information content (AvgIpc) is 3.61. The molecule has 2 aliphatic carbocycles. The van der Waals surface area contributed by atoms with Crippen LogP contribution in [0.1, 0.15) is 72.2 Å². The minimum atomic E-state index is -0.135. The van der Waals surface area contributed by atoms with E-state index in [1.807, 2.05) is 0 Å². The van der Waals surface area contributed by atoms with Crippen molar-refractivity contribution in [2.45, 2.75) is 38.5 Å². The fourth-order valence-electron chi connectivity index (χ4n) is 10.3. The Morgan fingerprint density at radius 3 is 1.30 bits per heavy atom. The number of benzene rings is 9. The van der Waals surface area contributed by atoms with Gasteiger partial charge in [-0.1, -0.05) is 210 Å². The van der Waals surface area contributed by atoms with Gasteiger partial charge in [0.15, 0.2) is 0 Å². The summed E-state index contributed by atoms with van der Waals surface area (Å²) < 4.78 is 0. The molecule has 0 unspecified atom stereocenters. The van der Waals surface area contributed by atoms with Crippen LogP contribution in [-0.2, 0) is 10.8 Å². The molecule has 56 heavy (non-hydrogen) atoms. The van der Waals surface area contributed by atoms with Gasteiger partial charge in [-0.15, -0.1) is 0 Å². The van der Waals surface area contributed by atoms with Gasteiger partial charge in [0.2, 0.25) is 0 Å². The zero-order valence-electron chi connectivity index (χ0n) is 32.3. The second-order valence-electron chi connectivity index (χ2n) is 16.8. The summed E-state index contributed by atoms with van der Waals surface area (Å²) in [5, 5.41) is 10.4. The second kappa shape index (κ2) is 12.0. The topological polar surface area (TPSA) is 0 Å². The van der Waals surface area contributed by atoms with E-state index in [9.17, 15) is 0 Å². The van der Waals surface area contributed by atoms with Crippen molar-refractivity contribution in [1.29, 1.82) is 0 Å². The summed E-state index contributed by atoms with van der Waals surface area (Å²) in [5.41, 5.74) is 15.9. The van der Waals surface area contributed by atoms with Gasteiger partial charge < -0.3 is 0 Å². The predicted molar refractivity (Wildman–Crippen MR) is 242 cm³/mol. The van der Waals surface area contributed by atoms with E-state index < -0.39 is 0 Å². The Kier molecular flexibility index (Phi) is 7.05. The lowest BCUT2D eigenvalue weighted by Crippen LogP contribution is -2.15. The summed E-state index contributed by atoms with van der Waals surface area (Å²) in [4.78, 5) is 0. The average molecular weight is 715 g/mol. The lowest BCUT2D eigenvalue weighted by molar-refractivity contribution is 0.660. The molecule has 0 aromatic heterocycles. The van der Waals surface area contributed by atoms with Gasteiger partial charge in [-0.05, 0) is 110 Å². The van der Waals surface area contributed by atoms with Crippen molar-refractivity contribution in [3.05, 3.63) is 202 Å². The summed E-state index contributed by atoms with van der Waals surface area (Å²) in [7, 11) is 0. The maximum atomic E-state index is 2.44. The molecule has 0 N–H and O–H groups in total. The van der Waals surface area contributed by atoms with Crippen LogP contribution in [-0.4, -0.2) is 0 Å². The first kappa shape index (κ1) is 32.9. The van der Waals surface area contributed by atoms with E-state index in [1.54, 1.807) is 0 Å². The van der Waals surface area contributed by atoms with Crippen molar-refractivity contribution < 1.29 is 0 Å². The van der Waals surface area contributed by atoms with E-state index in [-0.39, 0.29) is 10.8 Å². The summed E-state index contributed by atoms with van der Waals surface area (Å²) in [6.07, 6.45) is 9.31. The highest BCUT2D eigenvalue weighted by Gasteiger charge is 2.38. The van der Waals surface area contributed by atoms with Gasteiger partial charge in [-0.2, -0.15) is 0 Å². The van der Waals surface area contributed by atoms with Crippen molar-refractivity contribution in [3.63, 3.8) is 0 Å². The quantitative estimate of drug-likeness (QED) is 0.0967. The summed E-state index contributed by atoms with van der Waals surface area (Å²) >= 11 is 0. The first-order chi connectivity index (χ1) is 27.3. The van der Waals surface area contributed by atoms with E-state index >= 15 is 0 Å². The molecule has 0 saturated heterocycles. The Morgan fingerprint density at radius 2 is 0.732 bits per heavy atom. The molecular weight excluding hydrogens is 673 g/mol. The Hall–Kier alpha value is -6.50. The third kappa shape index (κ3) is 4.66. The van der Waals surface area contributed by atoms with E-state index in [4.69, 9.17) is 0 Å². The fourth-order valence-corrected chi connectivity index (χ4v) is 10.3. The first-order valence-electron chi connectivity index (χ1n) is 19.9. The highest BCUT2D eigenvalue weighted by Crippen LogP contribution is 2.55. The predicted octanol–water partition coefficient (Wildman–Crippen LogP) is 15.3. The van der Waals surface area contributed by atoms with Crippen LogP contribution in [0, 0.1) is 0 Å². The van der Waals surface area contributed by atoms with Crippen molar-refractivity contribution in [1.82, 2.24) is 0 Å². The molecule has 9 aromatic rings. The SMILES string of the molecule is CC1(C)c2ccccc2-c2ccc(/C=C/c3c4ccccc4c(/C=C/c4ccc5c(c4)C(C)(C)c4c-5c5ccccc5c5ccccc45)c4ccccc34)cc21. The van der Waals surface area contributed by atoms with Crippen molar-refractivity contribution >= 4 is 67.4 Å². The molecule has 0 heterocycles. The van der Waals surface area contributed by atoms with E-state index in [1.165, 1.54) is 110 Å². The highest BCUT2D eigenvalue weighted by atomic mass is 14.4. The minimum absolute atomic E-state index is 0.0233. The molecule has 2 aliphatic rings. The van der Waals surface area contributed by atoms with Crippen molar-refractivity contribution in [2.75, 3.05) is 0 Å². The minimum Gasteiger partial charge on any atom is -0.0619 e. The van der Waals surface area contributed by atoms with Crippen LogP contribution in [0.25, 0.3) is 89.6 Å². The molecular formula is C56H42. The maximum Gasteiger partial charge on any atom is 0.0165 e. The van der Waals surface area contributed by atoms with Gasteiger partial charge in [0.1, 0.15) is 0 Å². The van der Waals surface area contributed by atoms with Gasteiger partial charge in [0.05, 0.1) is 0 Å². The smallest absolute Gasteiger partial charge is 0.0165 e. The van der Waals surface area contributed by atoms with Gasteiger partial charge >= 0.3 is 0 Å². The lowest BCUT2D eigenvalue weighted by atomic mass is 9.79. The molecule has 0 fully saturated rings. The normalized spacial score (nSPS) is 14.9. The number of fused-ring (bicyclic) bond motifs is 13. The lowest BCUT2D eigenvalue weighted by Gasteiger charge is -2.24. The van der Waals surface area contributed by atoms with Gasteiger partial charge in [-0.25, -0.2) is 0 Å². The van der Waals surface area contributed by atoms with Crippen LogP contribution in [0.3, 0.4) is 0 Å². The Bertz CT molecular complexity index is 3120. The Morgan fingerprint density at radius 1 is 0.321 bits per heavy atom. The Labute approximate surface area is 329 Å². The molecule has 11 rings (SSSR count). The second-order valence-corrected chi connectivity index (χ2v) is 16.8. The monoisotopic (exact) mass is 714 g/mol. The van der Waals surface area contributed by atoms with Gasteiger partial charge in [-0.3, -0.25) is 0 Å². The van der Waals surface area contributed by atoms with E-state index in [0.717, 1.165) is 0 Å². The van der Waals surface area contributed by atoms with Crippen molar-refractivity contribution in [2.24, 2.45) is 0 Å². The molecule has 0 spiro atoms. The number of hydrogen-bond donors (Lipinski definition) is 0. The van der Waals surface area contributed by atoms with Gasteiger partial charge in [0, 0.05) is 10.8 Å². The molecule has 0 radical (unpaired) electrons. The molecule has 0 bridgehead atoms. The van der Waals surface area contributed by atoms with Gasteiger partial charge in [0.25, 0.3) is 0 Å². The van der Waals surface area contributed by atoms with Crippen LogP contribution in [0.4, 0.5) is 0 Å². The molecule has 0 atom stereocenters. The van der Waals surface area contributed by atoms with Crippen LogP contribution in [0.15, 0.2) is 158 Å². The summed E-state index contributed by atoms with van der Waals surface area (Å²) in [6.45, 7) is 9.51. The molecule has 266 valence electrons. The third-order valence-electron chi connectivity index (χ3n) is 13.1. The van der Waals surface area contributed by atoms with Crippen LogP contribution >= 0.6 is 0 Å². The highest BCUT2D eigenvalue weighted by molar-refractivity contribution is 6.18. The largest absolute Gasteiger partial charge is 0.0619 e. The van der Waals surface area contributed by atoms with Crippen LogP contribution in [0.5, 0.6) is 0 Å². The first-order valence-corrected chi connectivity index (χ1v) is 19.9. The standard InChI is InChI=1S/C56H42/c1-55(2)50-24-14-13-21-45(50)46-31-27-35(33-51(46)55)25-29-43-37-15-5-7-17-39(37)44(40-18-8-6-16-38(40)43)30-26-36-28-32-49-52(34-36)56(3,4)54-48-23-12-10-20-42(48)41-19-9-11-22-47(41)53(49)54/h5-34H,1-4H3/b29-25+,30-26+.